The number of halogens is 6. The van der Waals surface area contributed by atoms with E-state index in [9.17, 15) is 31.1 Å². The highest BCUT2D eigenvalue weighted by Crippen LogP contribution is 2.36. The van der Waals surface area contributed by atoms with Gasteiger partial charge >= 0.3 is 12.4 Å². The molecular weight excluding hydrogens is 486 g/mol. The molecule has 2 aliphatic rings. The normalized spacial score (nSPS) is 15.8. The molecule has 1 saturated heterocycles. The van der Waals surface area contributed by atoms with Gasteiger partial charge in [0.15, 0.2) is 0 Å². The van der Waals surface area contributed by atoms with Crippen molar-refractivity contribution in [3.05, 3.63) is 71.3 Å². The van der Waals surface area contributed by atoms with Crippen LogP contribution in [0.1, 0.15) is 61.6 Å². The SMILES string of the molecule is CNC1CCCCC1.O=C1CCCN1.OCc1cc(C(F)(F)F)cc(C(F)(F)F)c1.c1ccccc1. The maximum Gasteiger partial charge on any atom is 0.416 e. The number of carbonyl (C=O) groups is 1. The van der Waals surface area contributed by atoms with Gasteiger partial charge in [-0.15, -0.1) is 0 Å². The summed E-state index contributed by atoms with van der Waals surface area (Å²) in [5.74, 6) is 0.204. The van der Waals surface area contributed by atoms with Gasteiger partial charge in [-0.1, -0.05) is 55.7 Å². The van der Waals surface area contributed by atoms with E-state index in [1.165, 1.54) is 32.1 Å². The molecule has 4 nitrogen and oxygen atoms in total. The van der Waals surface area contributed by atoms with Gasteiger partial charge in [0, 0.05) is 19.0 Å². The summed E-state index contributed by atoms with van der Waals surface area (Å²) >= 11 is 0. The van der Waals surface area contributed by atoms with Crippen LogP contribution in [0.4, 0.5) is 26.3 Å². The molecule has 1 saturated carbocycles. The van der Waals surface area contributed by atoms with Crippen LogP contribution in [-0.4, -0.2) is 30.6 Å². The highest BCUT2D eigenvalue weighted by Gasteiger charge is 2.36. The predicted molar refractivity (Wildman–Crippen MR) is 127 cm³/mol. The van der Waals surface area contributed by atoms with Crippen molar-refractivity contribution in [3.63, 3.8) is 0 Å². The number of nitrogens with one attached hydrogen (secondary N) is 2. The molecule has 1 amide bonds. The number of benzene rings is 2. The predicted octanol–water partition coefficient (Wildman–Crippen LogP) is 6.34. The zero-order valence-corrected chi connectivity index (χ0v) is 20.3. The Labute approximate surface area is 208 Å². The first-order valence-corrected chi connectivity index (χ1v) is 11.8. The highest BCUT2D eigenvalue weighted by molar-refractivity contribution is 5.77. The fourth-order valence-electron chi connectivity index (χ4n) is 3.45. The molecule has 2 aromatic carbocycles. The largest absolute Gasteiger partial charge is 0.416 e. The van der Waals surface area contributed by atoms with Gasteiger partial charge in [0.1, 0.15) is 0 Å². The van der Waals surface area contributed by atoms with Crippen molar-refractivity contribution >= 4 is 5.91 Å². The van der Waals surface area contributed by atoms with E-state index in [0.29, 0.717) is 12.1 Å². The molecule has 202 valence electrons. The Morgan fingerprint density at radius 1 is 0.833 bits per heavy atom. The van der Waals surface area contributed by atoms with Gasteiger partial charge in [0.2, 0.25) is 5.91 Å². The summed E-state index contributed by atoms with van der Waals surface area (Å²) in [5, 5.41) is 14.6. The van der Waals surface area contributed by atoms with Crippen LogP contribution >= 0.6 is 0 Å². The maximum atomic E-state index is 12.2. The summed E-state index contributed by atoms with van der Waals surface area (Å²) in [5.41, 5.74) is -3.28. The molecule has 2 fully saturated rings. The third kappa shape index (κ3) is 13.5. The van der Waals surface area contributed by atoms with Crippen LogP contribution in [0.15, 0.2) is 54.6 Å². The Balaban J connectivity index is 0.000000267. The first-order valence-electron chi connectivity index (χ1n) is 11.8. The summed E-state index contributed by atoms with van der Waals surface area (Å²) in [7, 11) is 2.07. The summed E-state index contributed by atoms with van der Waals surface area (Å²) in [6.07, 6.45) is -0.850. The molecule has 2 aromatic rings. The molecular formula is C26H34F6N2O2. The van der Waals surface area contributed by atoms with Gasteiger partial charge < -0.3 is 15.7 Å². The van der Waals surface area contributed by atoms with E-state index in [4.69, 9.17) is 5.11 Å². The van der Waals surface area contributed by atoms with Crippen LogP contribution in [0.2, 0.25) is 0 Å². The van der Waals surface area contributed by atoms with Crippen LogP contribution < -0.4 is 10.6 Å². The summed E-state index contributed by atoms with van der Waals surface area (Å²) in [6.45, 7) is 0.00579. The van der Waals surface area contributed by atoms with Gasteiger partial charge in [-0.3, -0.25) is 4.79 Å². The van der Waals surface area contributed by atoms with Crippen molar-refractivity contribution in [1.29, 1.82) is 0 Å². The Morgan fingerprint density at radius 3 is 1.56 bits per heavy atom. The molecule has 0 spiro atoms. The minimum atomic E-state index is -4.87. The Morgan fingerprint density at radius 2 is 1.31 bits per heavy atom. The van der Waals surface area contributed by atoms with E-state index in [1.54, 1.807) is 0 Å². The number of carbonyl (C=O) groups excluding carboxylic acids is 1. The third-order valence-corrected chi connectivity index (χ3v) is 5.41. The fraction of sp³-hybridized carbons (Fsp3) is 0.500. The number of amides is 1. The van der Waals surface area contributed by atoms with E-state index in [2.05, 4.69) is 17.7 Å². The van der Waals surface area contributed by atoms with Gasteiger partial charge in [-0.2, -0.15) is 26.3 Å². The van der Waals surface area contributed by atoms with Crippen LogP contribution in [0.25, 0.3) is 0 Å². The molecule has 0 unspecified atom stereocenters. The van der Waals surface area contributed by atoms with Crippen LogP contribution in [0.5, 0.6) is 0 Å². The number of rotatable bonds is 2. The number of aliphatic hydroxyl groups is 1. The van der Waals surface area contributed by atoms with E-state index in [1.807, 2.05) is 36.4 Å². The van der Waals surface area contributed by atoms with E-state index < -0.39 is 35.6 Å². The monoisotopic (exact) mass is 520 g/mol. The molecule has 0 atom stereocenters. The lowest BCUT2D eigenvalue weighted by Gasteiger charge is -2.20. The number of hydrogen-bond acceptors (Lipinski definition) is 3. The first-order chi connectivity index (χ1) is 17.0. The average molecular weight is 521 g/mol. The van der Waals surface area contributed by atoms with E-state index in [0.717, 1.165) is 25.4 Å². The molecule has 4 rings (SSSR count). The minimum absolute atomic E-state index is 0.0131. The summed E-state index contributed by atoms with van der Waals surface area (Å²) in [6, 6.07) is 13.8. The molecule has 10 heteroatoms. The molecule has 1 heterocycles. The zero-order valence-electron chi connectivity index (χ0n) is 20.3. The Bertz CT molecular complexity index is 800. The molecule has 0 bridgehead atoms. The molecule has 1 aliphatic carbocycles. The van der Waals surface area contributed by atoms with Gasteiger partial charge in [-0.05, 0) is 50.1 Å². The van der Waals surface area contributed by atoms with Crippen molar-refractivity contribution in [2.45, 2.75) is 69.9 Å². The quantitative estimate of drug-likeness (QED) is 0.405. The van der Waals surface area contributed by atoms with Crippen molar-refractivity contribution in [1.82, 2.24) is 10.6 Å². The lowest BCUT2D eigenvalue weighted by molar-refractivity contribution is -0.143. The second kappa shape index (κ2) is 16.2. The second-order valence-electron chi connectivity index (χ2n) is 8.30. The maximum absolute atomic E-state index is 12.2. The van der Waals surface area contributed by atoms with Crippen LogP contribution in [0.3, 0.4) is 0 Å². The third-order valence-electron chi connectivity index (χ3n) is 5.41. The Kier molecular flexibility index (Phi) is 14.2. The highest BCUT2D eigenvalue weighted by atomic mass is 19.4. The lowest BCUT2D eigenvalue weighted by Crippen LogP contribution is -2.26. The van der Waals surface area contributed by atoms with Crippen LogP contribution in [0, 0.1) is 0 Å². The topological polar surface area (TPSA) is 61.4 Å². The molecule has 3 N–H and O–H groups in total. The smallest absolute Gasteiger partial charge is 0.392 e. The van der Waals surface area contributed by atoms with E-state index >= 15 is 0 Å². The van der Waals surface area contributed by atoms with Crippen molar-refractivity contribution in [2.24, 2.45) is 0 Å². The first kappa shape index (κ1) is 31.4. The zero-order chi connectivity index (χ0) is 27.0. The summed E-state index contributed by atoms with van der Waals surface area (Å²) in [4.78, 5) is 10.1. The minimum Gasteiger partial charge on any atom is -0.392 e. The molecule has 36 heavy (non-hydrogen) atoms. The Hall–Kier alpha value is -2.59. The molecule has 1 aliphatic heterocycles. The standard InChI is InChI=1S/C9H6F6O.C7H15N.C6H6.C4H7NO/c10-8(11,12)6-1-5(4-16)2-7(3-6)9(13,14)15;1-8-7-5-3-2-4-6-7;1-2-4-6-5-3-1;6-4-2-1-3-5-4/h1-3,16H,4H2;7-8H,2-6H2,1H3;1-6H;1-3H2,(H,5,6). The lowest BCUT2D eigenvalue weighted by atomic mass is 9.96. The average Bonchev–Trinajstić information content (AvgIpc) is 3.36. The number of aliphatic hydroxyl groups excluding tert-OH is 1. The van der Waals surface area contributed by atoms with Crippen molar-refractivity contribution in [3.8, 4) is 0 Å². The van der Waals surface area contributed by atoms with Gasteiger partial charge in [-0.25, -0.2) is 0 Å². The molecule has 0 radical (unpaired) electrons. The number of alkyl halides is 6. The van der Waals surface area contributed by atoms with Gasteiger partial charge in [0.25, 0.3) is 0 Å². The summed E-state index contributed by atoms with van der Waals surface area (Å²) < 4.78 is 73.3. The van der Waals surface area contributed by atoms with Gasteiger partial charge in [0.05, 0.1) is 17.7 Å². The van der Waals surface area contributed by atoms with Crippen LogP contribution in [-0.2, 0) is 23.8 Å². The van der Waals surface area contributed by atoms with Crippen molar-refractivity contribution in [2.75, 3.05) is 13.6 Å². The van der Waals surface area contributed by atoms with E-state index in [-0.39, 0.29) is 12.0 Å². The number of hydrogen-bond donors (Lipinski definition) is 3. The second-order valence-corrected chi connectivity index (χ2v) is 8.30. The van der Waals surface area contributed by atoms with Crippen molar-refractivity contribution < 1.29 is 36.2 Å². The molecule has 0 aromatic heterocycles. The fourth-order valence-corrected chi connectivity index (χ4v) is 3.45.